The lowest BCUT2D eigenvalue weighted by molar-refractivity contribution is 1.13. The van der Waals surface area contributed by atoms with Crippen LogP contribution in [0.4, 0.5) is 17.2 Å². The van der Waals surface area contributed by atoms with Crippen LogP contribution in [0.3, 0.4) is 0 Å². The standard InChI is InChI=1S/C21H20N4S/c1-14-13-18-20(22-16-9-11-17(12-10-16)25(2)3)23-19(24-21(18)26-14)15-7-5-4-6-8-15/h4-13H,1-3H3,(H,22,23,24). The predicted octanol–water partition coefficient (Wildman–Crippen LogP) is 5.48. The molecule has 4 aromatic rings. The lowest BCUT2D eigenvalue weighted by Gasteiger charge is -2.14. The number of nitrogens with one attached hydrogen (secondary N) is 1. The van der Waals surface area contributed by atoms with Crippen LogP contribution in [0.1, 0.15) is 4.88 Å². The third-order valence-electron chi connectivity index (χ3n) is 4.19. The zero-order valence-corrected chi connectivity index (χ0v) is 15.8. The molecule has 0 atom stereocenters. The van der Waals surface area contributed by atoms with E-state index in [9.17, 15) is 0 Å². The number of aryl methyl sites for hydroxylation is 1. The Morgan fingerprint density at radius 1 is 0.923 bits per heavy atom. The Kier molecular flexibility index (Phi) is 4.31. The van der Waals surface area contributed by atoms with Gasteiger partial charge in [0.15, 0.2) is 5.82 Å². The highest BCUT2D eigenvalue weighted by molar-refractivity contribution is 7.18. The van der Waals surface area contributed by atoms with E-state index in [0.717, 1.165) is 33.1 Å². The van der Waals surface area contributed by atoms with Crippen LogP contribution in [0.25, 0.3) is 21.6 Å². The summed E-state index contributed by atoms with van der Waals surface area (Å²) in [6, 6.07) is 20.6. The molecule has 0 bridgehead atoms. The summed E-state index contributed by atoms with van der Waals surface area (Å²) in [5, 5.41) is 4.53. The molecule has 2 aromatic heterocycles. The van der Waals surface area contributed by atoms with Crippen molar-refractivity contribution in [2.45, 2.75) is 6.92 Å². The molecule has 0 radical (unpaired) electrons. The lowest BCUT2D eigenvalue weighted by atomic mass is 10.2. The van der Waals surface area contributed by atoms with Gasteiger partial charge in [0.1, 0.15) is 10.6 Å². The molecule has 0 spiro atoms. The molecule has 0 aliphatic rings. The van der Waals surface area contributed by atoms with E-state index in [-0.39, 0.29) is 0 Å². The summed E-state index contributed by atoms with van der Waals surface area (Å²) < 4.78 is 0. The summed E-state index contributed by atoms with van der Waals surface area (Å²) in [5.74, 6) is 1.59. The maximum atomic E-state index is 4.81. The summed E-state index contributed by atoms with van der Waals surface area (Å²) in [6.07, 6.45) is 0. The highest BCUT2D eigenvalue weighted by Gasteiger charge is 2.12. The zero-order chi connectivity index (χ0) is 18.1. The van der Waals surface area contributed by atoms with Gasteiger partial charge in [-0.15, -0.1) is 11.3 Å². The molecule has 0 unspecified atom stereocenters. The predicted molar refractivity (Wildman–Crippen MR) is 112 cm³/mol. The van der Waals surface area contributed by atoms with Crippen molar-refractivity contribution < 1.29 is 0 Å². The van der Waals surface area contributed by atoms with Gasteiger partial charge in [-0.1, -0.05) is 30.3 Å². The van der Waals surface area contributed by atoms with Crippen LogP contribution in [0.2, 0.25) is 0 Å². The Labute approximate surface area is 157 Å². The average molecular weight is 360 g/mol. The van der Waals surface area contributed by atoms with Crippen molar-refractivity contribution in [3.8, 4) is 11.4 Å². The van der Waals surface area contributed by atoms with Gasteiger partial charge >= 0.3 is 0 Å². The van der Waals surface area contributed by atoms with E-state index >= 15 is 0 Å². The van der Waals surface area contributed by atoms with E-state index in [4.69, 9.17) is 9.97 Å². The first kappa shape index (κ1) is 16.5. The fourth-order valence-corrected chi connectivity index (χ4v) is 3.71. The van der Waals surface area contributed by atoms with Gasteiger partial charge in [-0.05, 0) is 37.3 Å². The molecule has 4 rings (SSSR count). The van der Waals surface area contributed by atoms with Crippen molar-refractivity contribution in [3.05, 3.63) is 65.5 Å². The number of anilines is 3. The molecule has 0 fully saturated rings. The molecule has 4 nitrogen and oxygen atoms in total. The van der Waals surface area contributed by atoms with Crippen LogP contribution in [-0.4, -0.2) is 24.1 Å². The lowest BCUT2D eigenvalue weighted by Crippen LogP contribution is -2.08. The maximum Gasteiger partial charge on any atom is 0.163 e. The molecular weight excluding hydrogens is 340 g/mol. The average Bonchev–Trinajstić information content (AvgIpc) is 3.03. The zero-order valence-electron chi connectivity index (χ0n) is 15.0. The summed E-state index contributed by atoms with van der Waals surface area (Å²) in [7, 11) is 4.08. The van der Waals surface area contributed by atoms with E-state index in [1.807, 2.05) is 44.4 Å². The SMILES string of the molecule is Cc1cc2c(Nc3ccc(N(C)C)cc3)nc(-c3ccccc3)nc2s1. The monoisotopic (exact) mass is 360 g/mol. The first-order valence-corrected chi connectivity index (χ1v) is 9.30. The molecule has 2 aromatic carbocycles. The van der Waals surface area contributed by atoms with E-state index in [2.05, 4.69) is 47.5 Å². The van der Waals surface area contributed by atoms with Gasteiger partial charge in [-0.3, -0.25) is 0 Å². The second kappa shape index (κ2) is 6.77. The fourth-order valence-electron chi connectivity index (χ4n) is 2.83. The minimum Gasteiger partial charge on any atom is -0.378 e. The number of benzene rings is 2. The van der Waals surface area contributed by atoms with Crippen LogP contribution in [0.5, 0.6) is 0 Å². The molecule has 130 valence electrons. The maximum absolute atomic E-state index is 4.81. The Hall–Kier alpha value is -2.92. The van der Waals surface area contributed by atoms with Gasteiger partial charge in [0.05, 0.1) is 5.39 Å². The Balaban J connectivity index is 1.77. The fraction of sp³-hybridized carbons (Fsp3) is 0.143. The summed E-state index contributed by atoms with van der Waals surface area (Å²) in [4.78, 5) is 13.9. The van der Waals surface area contributed by atoms with Crippen LogP contribution in [-0.2, 0) is 0 Å². The summed E-state index contributed by atoms with van der Waals surface area (Å²) in [6.45, 7) is 2.10. The smallest absolute Gasteiger partial charge is 0.163 e. The van der Waals surface area contributed by atoms with Gasteiger partial charge in [0.25, 0.3) is 0 Å². The number of nitrogens with zero attached hydrogens (tertiary/aromatic N) is 3. The number of fused-ring (bicyclic) bond motifs is 1. The molecule has 0 saturated heterocycles. The van der Waals surface area contributed by atoms with E-state index in [0.29, 0.717) is 0 Å². The third-order valence-corrected chi connectivity index (χ3v) is 5.14. The van der Waals surface area contributed by atoms with Gasteiger partial charge in [0, 0.05) is 35.9 Å². The second-order valence-corrected chi connectivity index (χ2v) is 7.64. The van der Waals surface area contributed by atoms with Crippen molar-refractivity contribution in [2.75, 3.05) is 24.3 Å². The number of rotatable bonds is 4. The minimum atomic E-state index is 0.743. The molecule has 5 heteroatoms. The number of hydrogen-bond acceptors (Lipinski definition) is 5. The Morgan fingerprint density at radius 2 is 1.65 bits per heavy atom. The molecule has 1 N–H and O–H groups in total. The Bertz CT molecular complexity index is 1040. The molecular formula is C21H20N4S. The van der Waals surface area contributed by atoms with E-state index in [1.165, 1.54) is 10.6 Å². The normalized spacial score (nSPS) is 10.9. The highest BCUT2D eigenvalue weighted by atomic mass is 32.1. The molecule has 0 amide bonds. The van der Waals surface area contributed by atoms with Crippen molar-refractivity contribution in [1.29, 1.82) is 0 Å². The van der Waals surface area contributed by atoms with Gasteiger partial charge < -0.3 is 10.2 Å². The van der Waals surface area contributed by atoms with Crippen LogP contribution < -0.4 is 10.2 Å². The summed E-state index contributed by atoms with van der Waals surface area (Å²) >= 11 is 1.69. The molecule has 0 aliphatic heterocycles. The molecule has 0 aliphatic carbocycles. The van der Waals surface area contributed by atoms with Crippen molar-refractivity contribution >= 4 is 38.7 Å². The van der Waals surface area contributed by atoms with Gasteiger partial charge in [-0.25, -0.2) is 9.97 Å². The third kappa shape index (κ3) is 3.26. The quantitative estimate of drug-likeness (QED) is 0.523. The first-order chi connectivity index (χ1) is 12.6. The van der Waals surface area contributed by atoms with Crippen LogP contribution in [0.15, 0.2) is 60.7 Å². The Morgan fingerprint density at radius 3 is 2.35 bits per heavy atom. The van der Waals surface area contributed by atoms with E-state index in [1.54, 1.807) is 11.3 Å². The number of thiophene rings is 1. The van der Waals surface area contributed by atoms with Crippen molar-refractivity contribution in [2.24, 2.45) is 0 Å². The minimum absolute atomic E-state index is 0.743. The largest absolute Gasteiger partial charge is 0.378 e. The topological polar surface area (TPSA) is 41.0 Å². The molecule has 0 saturated carbocycles. The number of aromatic nitrogens is 2. The van der Waals surface area contributed by atoms with Crippen LogP contribution >= 0.6 is 11.3 Å². The van der Waals surface area contributed by atoms with Crippen molar-refractivity contribution in [1.82, 2.24) is 9.97 Å². The van der Waals surface area contributed by atoms with Gasteiger partial charge in [0.2, 0.25) is 0 Å². The van der Waals surface area contributed by atoms with E-state index < -0.39 is 0 Å². The number of hydrogen-bond donors (Lipinski definition) is 1. The second-order valence-electron chi connectivity index (χ2n) is 6.40. The van der Waals surface area contributed by atoms with Crippen LogP contribution in [0, 0.1) is 6.92 Å². The summed E-state index contributed by atoms with van der Waals surface area (Å²) in [5.41, 5.74) is 3.20. The highest BCUT2D eigenvalue weighted by Crippen LogP contribution is 2.32. The molecule has 2 heterocycles. The first-order valence-electron chi connectivity index (χ1n) is 8.48. The molecule has 26 heavy (non-hydrogen) atoms. The van der Waals surface area contributed by atoms with Gasteiger partial charge in [-0.2, -0.15) is 0 Å². The van der Waals surface area contributed by atoms with Crippen molar-refractivity contribution in [3.63, 3.8) is 0 Å².